The van der Waals surface area contributed by atoms with E-state index in [1.54, 1.807) is 0 Å². The van der Waals surface area contributed by atoms with Crippen LogP contribution in [0.5, 0.6) is 5.75 Å². The van der Waals surface area contributed by atoms with E-state index in [0.29, 0.717) is 0 Å². The molecule has 0 spiro atoms. The monoisotopic (exact) mass is 239 g/mol. The molecule has 90 valence electrons. The van der Waals surface area contributed by atoms with Crippen molar-refractivity contribution in [1.82, 2.24) is 4.90 Å². The zero-order valence-electron chi connectivity index (χ0n) is 10.1. The molecule has 0 bridgehead atoms. The first-order chi connectivity index (χ1) is 7.76. The van der Waals surface area contributed by atoms with Crippen molar-refractivity contribution < 1.29 is 4.74 Å². The van der Waals surface area contributed by atoms with Crippen molar-refractivity contribution >= 4 is 12.6 Å². The Morgan fingerprint density at radius 1 is 1.19 bits per heavy atom. The third-order valence-electron chi connectivity index (χ3n) is 2.60. The van der Waals surface area contributed by atoms with Crippen LogP contribution < -0.4 is 4.74 Å². The number of hydrogen-bond acceptors (Lipinski definition) is 3. The molecular formula is C13H21NOS. The number of benzene rings is 1. The quantitative estimate of drug-likeness (QED) is 0.580. The molecule has 0 radical (unpaired) electrons. The topological polar surface area (TPSA) is 12.5 Å². The van der Waals surface area contributed by atoms with Gasteiger partial charge < -0.3 is 9.64 Å². The Hall–Kier alpha value is -0.670. The van der Waals surface area contributed by atoms with Gasteiger partial charge in [0.2, 0.25) is 0 Å². The van der Waals surface area contributed by atoms with Crippen LogP contribution in [-0.2, 0) is 0 Å². The van der Waals surface area contributed by atoms with Gasteiger partial charge in [0.15, 0.2) is 0 Å². The molecule has 0 amide bonds. The van der Waals surface area contributed by atoms with Crippen LogP contribution in [-0.4, -0.2) is 30.0 Å². The van der Waals surface area contributed by atoms with E-state index in [1.165, 1.54) is 0 Å². The Kier molecular flexibility index (Phi) is 6.34. The summed E-state index contributed by atoms with van der Waals surface area (Å²) in [7, 11) is 0. The highest BCUT2D eigenvalue weighted by Crippen LogP contribution is 2.14. The average molecular weight is 239 g/mol. The first-order valence-electron chi connectivity index (χ1n) is 5.88. The maximum atomic E-state index is 5.69. The molecule has 0 heterocycles. The Labute approximate surface area is 104 Å². The first kappa shape index (κ1) is 13.4. The summed E-state index contributed by atoms with van der Waals surface area (Å²) in [5.74, 6) is 0.891. The van der Waals surface area contributed by atoms with E-state index in [9.17, 15) is 0 Å². The minimum Gasteiger partial charge on any atom is -0.480 e. The van der Waals surface area contributed by atoms with E-state index in [4.69, 9.17) is 4.74 Å². The largest absolute Gasteiger partial charge is 0.480 e. The van der Waals surface area contributed by atoms with Gasteiger partial charge in [-0.15, -0.1) is 12.6 Å². The molecule has 16 heavy (non-hydrogen) atoms. The van der Waals surface area contributed by atoms with Crippen molar-refractivity contribution in [2.45, 2.75) is 25.7 Å². The number of ether oxygens (including phenoxy) is 1. The number of para-hydroxylation sites is 1. The molecule has 0 fully saturated rings. The van der Waals surface area contributed by atoms with Gasteiger partial charge in [0.25, 0.3) is 0 Å². The van der Waals surface area contributed by atoms with Crippen molar-refractivity contribution in [3.05, 3.63) is 30.3 Å². The third-order valence-corrected chi connectivity index (χ3v) is 2.97. The molecule has 0 aliphatic rings. The van der Waals surface area contributed by atoms with Gasteiger partial charge in [-0.25, -0.2) is 0 Å². The van der Waals surface area contributed by atoms with Gasteiger partial charge in [0.1, 0.15) is 11.2 Å². The lowest BCUT2D eigenvalue weighted by atomic mass is 10.3. The maximum Gasteiger partial charge on any atom is 0.142 e. The lowest BCUT2D eigenvalue weighted by Crippen LogP contribution is -2.27. The minimum atomic E-state index is -0.0250. The molecule has 1 rings (SSSR count). The van der Waals surface area contributed by atoms with Crippen LogP contribution in [0.4, 0.5) is 0 Å². The molecule has 1 aromatic rings. The molecule has 2 nitrogen and oxygen atoms in total. The van der Waals surface area contributed by atoms with Crippen molar-refractivity contribution in [3.8, 4) is 5.75 Å². The Morgan fingerprint density at radius 3 is 2.38 bits per heavy atom. The van der Waals surface area contributed by atoms with Crippen LogP contribution >= 0.6 is 12.6 Å². The van der Waals surface area contributed by atoms with E-state index in [1.807, 2.05) is 30.3 Å². The molecule has 0 N–H and O–H groups in total. The highest BCUT2D eigenvalue weighted by atomic mass is 32.1. The summed E-state index contributed by atoms with van der Waals surface area (Å²) in [4.78, 5) is 2.37. The average Bonchev–Trinajstić information content (AvgIpc) is 2.31. The van der Waals surface area contributed by atoms with Crippen LogP contribution in [0.25, 0.3) is 0 Å². The Balaban J connectivity index is 2.28. The van der Waals surface area contributed by atoms with E-state index in [-0.39, 0.29) is 5.44 Å². The molecule has 0 saturated heterocycles. The van der Waals surface area contributed by atoms with E-state index < -0.39 is 0 Å². The van der Waals surface area contributed by atoms with Gasteiger partial charge in [-0.1, -0.05) is 32.0 Å². The lowest BCUT2D eigenvalue weighted by Gasteiger charge is -2.20. The summed E-state index contributed by atoms with van der Waals surface area (Å²) in [5, 5.41) is 0. The number of hydrogen-bond donors (Lipinski definition) is 1. The molecular weight excluding hydrogens is 218 g/mol. The molecule has 0 aliphatic heterocycles. The number of thiol groups is 1. The van der Waals surface area contributed by atoms with Crippen LogP contribution in [0.15, 0.2) is 30.3 Å². The molecule has 0 aromatic heterocycles. The summed E-state index contributed by atoms with van der Waals surface area (Å²) in [6.45, 7) is 7.56. The van der Waals surface area contributed by atoms with Crippen LogP contribution in [0.1, 0.15) is 20.3 Å². The number of rotatable bonds is 7. The molecule has 1 atom stereocenters. The smallest absolute Gasteiger partial charge is 0.142 e. The van der Waals surface area contributed by atoms with Gasteiger partial charge in [-0.2, -0.15) is 0 Å². The van der Waals surface area contributed by atoms with Gasteiger partial charge in [-0.3, -0.25) is 0 Å². The summed E-state index contributed by atoms with van der Waals surface area (Å²) < 4.78 is 5.69. The minimum absolute atomic E-state index is 0.0250. The van der Waals surface area contributed by atoms with Crippen LogP contribution in [0, 0.1) is 0 Å². The SMILES string of the molecule is CCN(CC)CCC(S)Oc1ccccc1. The van der Waals surface area contributed by atoms with Crippen molar-refractivity contribution in [2.75, 3.05) is 19.6 Å². The molecule has 1 aromatic carbocycles. The second kappa shape index (κ2) is 7.58. The summed E-state index contributed by atoms with van der Waals surface area (Å²) in [6, 6.07) is 9.85. The second-order valence-corrected chi connectivity index (χ2v) is 4.28. The Morgan fingerprint density at radius 2 is 1.81 bits per heavy atom. The van der Waals surface area contributed by atoms with Crippen LogP contribution in [0.3, 0.4) is 0 Å². The van der Waals surface area contributed by atoms with Gasteiger partial charge >= 0.3 is 0 Å². The van der Waals surface area contributed by atoms with Crippen molar-refractivity contribution in [1.29, 1.82) is 0 Å². The molecule has 3 heteroatoms. The second-order valence-electron chi connectivity index (χ2n) is 3.70. The summed E-state index contributed by atoms with van der Waals surface area (Å²) in [6.07, 6.45) is 0.944. The summed E-state index contributed by atoms with van der Waals surface area (Å²) >= 11 is 4.44. The molecule has 0 aliphatic carbocycles. The maximum absolute atomic E-state index is 5.69. The highest BCUT2D eigenvalue weighted by Gasteiger charge is 2.07. The lowest BCUT2D eigenvalue weighted by molar-refractivity contribution is 0.230. The van der Waals surface area contributed by atoms with E-state index in [0.717, 1.165) is 31.8 Å². The first-order valence-corrected chi connectivity index (χ1v) is 6.40. The summed E-state index contributed by atoms with van der Waals surface area (Å²) in [5.41, 5.74) is -0.0250. The van der Waals surface area contributed by atoms with E-state index in [2.05, 4.69) is 31.4 Å². The molecule has 0 saturated carbocycles. The normalized spacial score (nSPS) is 12.8. The third kappa shape index (κ3) is 4.90. The van der Waals surface area contributed by atoms with Crippen LogP contribution in [0.2, 0.25) is 0 Å². The standard InChI is InChI=1S/C13H21NOS/c1-3-14(4-2)11-10-13(16)15-12-8-6-5-7-9-12/h5-9,13,16H,3-4,10-11H2,1-2H3. The predicted octanol–water partition coefficient (Wildman–Crippen LogP) is 3.05. The van der Waals surface area contributed by atoms with E-state index >= 15 is 0 Å². The zero-order valence-corrected chi connectivity index (χ0v) is 11.0. The predicted molar refractivity (Wildman–Crippen MR) is 72.2 cm³/mol. The van der Waals surface area contributed by atoms with Gasteiger partial charge in [-0.05, 0) is 25.2 Å². The van der Waals surface area contributed by atoms with Crippen molar-refractivity contribution in [3.63, 3.8) is 0 Å². The van der Waals surface area contributed by atoms with Crippen molar-refractivity contribution in [2.24, 2.45) is 0 Å². The van der Waals surface area contributed by atoms with Gasteiger partial charge in [0.05, 0.1) is 0 Å². The zero-order chi connectivity index (χ0) is 11.8. The highest BCUT2D eigenvalue weighted by molar-refractivity contribution is 7.80. The number of nitrogens with zero attached hydrogens (tertiary/aromatic N) is 1. The fourth-order valence-corrected chi connectivity index (χ4v) is 1.79. The molecule has 1 unspecified atom stereocenters. The van der Waals surface area contributed by atoms with Gasteiger partial charge in [0, 0.05) is 13.0 Å². The Bertz CT molecular complexity index is 275. The fourth-order valence-electron chi connectivity index (χ4n) is 1.55. The fraction of sp³-hybridized carbons (Fsp3) is 0.538.